The lowest BCUT2D eigenvalue weighted by Crippen LogP contribution is -2.17. The van der Waals surface area contributed by atoms with E-state index in [1.165, 1.54) is 0 Å². The third-order valence-electron chi connectivity index (χ3n) is 2.40. The van der Waals surface area contributed by atoms with E-state index in [0.29, 0.717) is 4.57 Å². The number of anilines is 1. The van der Waals surface area contributed by atoms with Crippen LogP contribution < -0.4 is 5.73 Å². The molecule has 0 spiro atoms. The van der Waals surface area contributed by atoms with Gasteiger partial charge in [-0.05, 0) is 6.85 Å². The van der Waals surface area contributed by atoms with Crippen LogP contribution in [0.15, 0.2) is 12.7 Å². The van der Waals surface area contributed by atoms with Gasteiger partial charge in [0.25, 0.3) is 0 Å². The van der Waals surface area contributed by atoms with Crippen LogP contribution in [0.1, 0.15) is 15.1 Å². The number of fused-ring (bicyclic) bond motifs is 1. The number of hydrogen-bond acceptors (Lipinski definition) is 10. The van der Waals surface area contributed by atoms with Crippen LogP contribution in [0, 0.1) is 0 Å². The van der Waals surface area contributed by atoms with Crippen LogP contribution in [0.2, 0.25) is 0 Å². The lowest BCUT2D eigenvalue weighted by atomic mass is 10.4. The molecule has 0 aliphatic heterocycles. The molecule has 27 heavy (non-hydrogen) atoms. The highest BCUT2D eigenvalue weighted by Crippen LogP contribution is 2.65. The van der Waals surface area contributed by atoms with Crippen LogP contribution in [0.25, 0.3) is 11.2 Å². The summed E-state index contributed by atoms with van der Waals surface area (Å²) in [7, 11) is -17.1. The van der Waals surface area contributed by atoms with E-state index in [9.17, 15) is 23.5 Å². The van der Waals surface area contributed by atoms with Gasteiger partial charge in [-0.15, -0.1) is 0 Å². The predicted molar refractivity (Wildman–Crippen MR) is 89.0 cm³/mol. The summed E-state index contributed by atoms with van der Waals surface area (Å²) < 4.78 is 93.6. The van der Waals surface area contributed by atoms with Crippen molar-refractivity contribution in [1.82, 2.24) is 19.5 Å². The Kier molecular flexibility index (Phi) is 4.37. The number of hydrogen-bond donors (Lipinski definition) is 5. The molecular formula is C9H16N5O10P3. The Morgan fingerprint density at radius 3 is 2.63 bits per heavy atom. The smallest absolute Gasteiger partial charge is 0.382 e. The first-order chi connectivity index (χ1) is 14.6. The van der Waals surface area contributed by atoms with Crippen molar-refractivity contribution >= 4 is 40.2 Å². The van der Waals surface area contributed by atoms with Gasteiger partial charge in [0.2, 0.25) is 0 Å². The van der Waals surface area contributed by atoms with Crippen LogP contribution in [-0.2, 0) is 33.6 Å². The summed E-state index contributed by atoms with van der Waals surface area (Å²) in [5, 5.41) is 0. The van der Waals surface area contributed by atoms with Crippen molar-refractivity contribution in [1.29, 1.82) is 0 Å². The molecular weight excluding hydrogens is 431 g/mol. The molecule has 3 atom stereocenters. The SMILES string of the molecule is [2H]C([2H])([2H])C([2H])(OCP(=O)(O)OP(=O)(O)OP(=O)(O)O)C([2H])([2H])n1cnc2c(N)ncnc21. The molecule has 0 fully saturated rings. The quantitative estimate of drug-likeness (QED) is 0.319. The number of nitrogens with zero attached hydrogens (tertiary/aromatic N) is 4. The van der Waals surface area contributed by atoms with Crippen LogP contribution in [-0.4, -0.2) is 51.5 Å². The summed E-state index contributed by atoms with van der Waals surface area (Å²) in [4.78, 5) is 47.0. The zero-order valence-electron chi connectivity index (χ0n) is 18.8. The van der Waals surface area contributed by atoms with Gasteiger partial charge in [0.05, 0.1) is 23.0 Å². The van der Waals surface area contributed by atoms with Gasteiger partial charge < -0.3 is 34.6 Å². The van der Waals surface area contributed by atoms with Crippen LogP contribution >= 0.6 is 23.2 Å². The molecule has 152 valence electrons. The van der Waals surface area contributed by atoms with E-state index in [1.54, 1.807) is 0 Å². The van der Waals surface area contributed by atoms with Crippen LogP contribution in [0.3, 0.4) is 0 Å². The van der Waals surface area contributed by atoms with Crippen molar-refractivity contribution in [2.24, 2.45) is 0 Å². The van der Waals surface area contributed by atoms with Gasteiger partial charge in [-0.3, -0.25) is 4.57 Å². The van der Waals surface area contributed by atoms with Crippen molar-refractivity contribution in [2.45, 2.75) is 19.4 Å². The van der Waals surface area contributed by atoms with Gasteiger partial charge >= 0.3 is 23.2 Å². The highest BCUT2D eigenvalue weighted by atomic mass is 31.3. The molecule has 6 N–H and O–H groups in total. The summed E-state index contributed by atoms with van der Waals surface area (Å²) in [6.45, 7) is -7.10. The summed E-state index contributed by atoms with van der Waals surface area (Å²) >= 11 is 0. The third-order valence-corrected chi connectivity index (χ3v) is 6.37. The normalized spacial score (nSPS) is 23.6. The lowest BCUT2D eigenvalue weighted by molar-refractivity contribution is 0.0757. The average molecular weight is 453 g/mol. The molecule has 0 saturated heterocycles. The first kappa shape index (κ1) is 14.7. The minimum Gasteiger partial charge on any atom is -0.382 e. The maximum Gasteiger partial charge on any atom is 0.488 e. The van der Waals surface area contributed by atoms with Gasteiger partial charge in [0, 0.05) is 4.11 Å². The number of ether oxygens (including phenoxy) is 1. The van der Waals surface area contributed by atoms with Crippen molar-refractivity contribution in [3.8, 4) is 0 Å². The number of phosphoric acid groups is 2. The van der Waals surface area contributed by atoms with E-state index < -0.39 is 49.0 Å². The summed E-state index contributed by atoms with van der Waals surface area (Å²) in [5.41, 5.74) is 5.05. The van der Waals surface area contributed by atoms with Gasteiger partial charge in [-0.2, -0.15) is 4.31 Å². The van der Waals surface area contributed by atoms with E-state index in [4.69, 9.17) is 23.7 Å². The first-order valence-corrected chi connectivity index (χ1v) is 11.1. The minimum absolute atomic E-state index is 0.166. The first-order valence-electron chi connectivity index (χ1n) is 9.33. The molecule has 2 aromatic heterocycles. The minimum atomic E-state index is -5.88. The van der Waals surface area contributed by atoms with Crippen LogP contribution in [0.5, 0.6) is 0 Å². The largest absolute Gasteiger partial charge is 0.488 e. The molecule has 15 nitrogen and oxygen atoms in total. The second-order valence-electron chi connectivity index (χ2n) is 4.52. The number of rotatable bonds is 9. The Bertz CT molecular complexity index is 1190. The fourth-order valence-corrected chi connectivity index (χ4v) is 4.79. The Balaban J connectivity index is 2.42. The number of nitrogens with two attached hydrogens (primary N) is 1. The Morgan fingerprint density at radius 2 is 2.00 bits per heavy atom. The average Bonchev–Trinajstić information content (AvgIpc) is 3.01. The standard InChI is InChI=1S/C9H16N5O10P3/c1-6(2-14-4-13-7-8(10)11-3-12-9(7)14)22-5-25(15,16)23-27(20,21)24-26(17,18)19/h3-4,6H,2,5H2,1H3,(H,15,16)(H,20,21)(H2,10,11,12)(H2,17,18,19)/i1D3,2D2,6D. The Hall–Kier alpha value is -1.24. The molecule has 0 radical (unpaired) electrons. The Labute approximate surface area is 160 Å². The third kappa shape index (κ3) is 6.70. The molecule has 0 aromatic carbocycles. The monoisotopic (exact) mass is 453 g/mol. The molecule has 2 aromatic rings. The van der Waals surface area contributed by atoms with E-state index in [0.717, 1.165) is 12.7 Å². The maximum absolute atomic E-state index is 12.1. The van der Waals surface area contributed by atoms with Crippen LogP contribution in [0.4, 0.5) is 5.82 Å². The topological polar surface area (TPSA) is 229 Å². The van der Waals surface area contributed by atoms with E-state index >= 15 is 0 Å². The molecule has 0 amide bonds. The second-order valence-corrected chi connectivity index (χ2v) is 9.28. The van der Waals surface area contributed by atoms with E-state index in [1.807, 2.05) is 0 Å². The molecule has 2 heterocycles. The molecule has 0 aliphatic carbocycles. The molecule has 0 saturated carbocycles. The predicted octanol–water partition coefficient (Wildman–Crippen LogP) is 0.183. The van der Waals surface area contributed by atoms with E-state index in [2.05, 4.69) is 28.3 Å². The molecule has 3 unspecified atom stereocenters. The number of nitrogen functional groups attached to an aromatic ring is 1. The molecule has 2 rings (SSSR count). The summed E-state index contributed by atoms with van der Waals surface area (Å²) in [6.07, 6.45) is -3.99. The highest BCUT2D eigenvalue weighted by molar-refractivity contribution is 7.68. The summed E-state index contributed by atoms with van der Waals surface area (Å²) in [5.74, 6) is -0.211. The van der Waals surface area contributed by atoms with E-state index in [-0.39, 0.29) is 17.0 Å². The van der Waals surface area contributed by atoms with Crippen molar-refractivity contribution in [2.75, 3.05) is 12.1 Å². The second kappa shape index (κ2) is 8.02. The highest BCUT2D eigenvalue weighted by Gasteiger charge is 2.39. The lowest BCUT2D eigenvalue weighted by Gasteiger charge is -2.19. The summed E-state index contributed by atoms with van der Waals surface area (Å²) in [6, 6.07) is 0. The number of aromatic nitrogens is 4. The maximum atomic E-state index is 12.1. The fourth-order valence-electron chi connectivity index (χ4n) is 1.56. The zero-order chi connectivity index (χ0) is 25.7. The van der Waals surface area contributed by atoms with Gasteiger partial charge in [0.1, 0.15) is 18.2 Å². The van der Waals surface area contributed by atoms with Crippen molar-refractivity contribution < 1.29 is 54.9 Å². The van der Waals surface area contributed by atoms with Gasteiger partial charge in [0.15, 0.2) is 11.5 Å². The molecule has 18 heteroatoms. The van der Waals surface area contributed by atoms with Crippen molar-refractivity contribution in [3.63, 3.8) is 0 Å². The molecule has 0 bridgehead atoms. The van der Waals surface area contributed by atoms with Crippen molar-refractivity contribution in [3.05, 3.63) is 12.7 Å². The Morgan fingerprint density at radius 1 is 1.30 bits per heavy atom. The number of imidazole rings is 1. The van der Waals surface area contributed by atoms with Gasteiger partial charge in [-0.25, -0.2) is 28.4 Å². The van der Waals surface area contributed by atoms with Gasteiger partial charge in [-0.1, -0.05) is 0 Å². The molecule has 0 aliphatic rings. The zero-order valence-corrected chi connectivity index (χ0v) is 15.5. The fraction of sp³-hybridized carbons (Fsp3) is 0.444.